The molecule has 2 aromatic heterocycles. The first-order valence-corrected chi connectivity index (χ1v) is 9.22. The monoisotopic (exact) mass is 358 g/mol. The molecule has 0 atom stereocenters. The van der Waals surface area contributed by atoms with Crippen molar-refractivity contribution in [2.45, 2.75) is 34.2 Å². The van der Waals surface area contributed by atoms with Crippen molar-refractivity contribution in [3.05, 3.63) is 88.5 Å². The molecule has 0 aliphatic heterocycles. The van der Waals surface area contributed by atoms with Gasteiger partial charge in [-0.2, -0.15) is 0 Å². The van der Waals surface area contributed by atoms with Gasteiger partial charge in [0.1, 0.15) is 5.82 Å². The molecular formula is C24H23FN2. The second-order valence-electron chi connectivity index (χ2n) is 7.29. The van der Waals surface area contributed by atoms with Crippen LogP contribution in [0.15, 0.2) is 54.7 Å². The fraction of sp³-hybridized carbons (Fsp3) is 0.208. The maximum Gasteiger partial charge on any atom is 0.123 e. The largest absolute Gasteiger partial charge is 0.338 e. The van der Waals surface area contributed by atoms with E-state index in [1.807, 2.05) is 6.20 Å². The molecule has 0 aliphatic rings. The van der Waals surface area contributed by atoms with E-state index in [4.69, 9.17) is 0 Å². The van der Waals surface area contributed by atoms with E-state index in [0.29, 0.717) is 0 Å². The number of hydrogen-bond acceptors (Lipinski definition) is 1. The van der Waals surface area contributed by atoms with Crippen molar-refractivity contribution in [1.29, 1.82) is 0 Å². The summed E-state index contributed by atoms with van der Waals surface area (Å²) in [6.07, 6.45) is 1.84. The lowest BCUT2D eigenvalue weighted by molar-refractivity contribution is 0.628. The number of hydrogen-bond donors (Lipinski definition) is 0. The molecule has 3 heteroatoms. The van der Waals surface area contributed by atoms with Crippen LogP contribution < -0.4 is 0 Å². The van der Waals surface area contributed by atoms with Crippen LogP contribution in [0, 0.1) is 33.5 Å². The van der Waals surface area contributed by atoms with E-state index in [2.05, 4.69) is 61.5 Å². The Kier molecular flexibility index (Phi) is 4.31. The van der Waals surface area contributed by atoms with Crippen molar-refractivity contribution < 1.29 is 4.39 Å². The molecule has 27 heavy (non-hydrogen) atoms. The number of aromatic nitrogens is 2. The van der Waals surface area contributed by atoms with Gasteiger partial charge in [-0.1, -0.05) is 23.8 Å². The van der Waals surface area contributed by atoms with Gasteiger partial charge in [-0.05, 0) is 74.7 Å². The Morgan fingerprint density at radius 2 is 1.67 bits per heavy atom. The minimum atomic E-state index is -0.232. The van der Waals surface area contributed by atoms with E-state index in [1.54, 1.807) is 12.1 Å². The maximum absolute atomic E-state index is 13.4. The van der Waals surface area contributed by atoms with Gasteiger partial charge in [0.05, 0.1) is 11.2 Å². The predicted octanol–water partition coefficient (Wildman–Crippen LogP) is 6.12. The molecule has 2 heterocycles. The minimum absolute atomic E-state index is 0.232. The molecule has 2 nitrogen and oxygen atoms in total. The molecule has 0 spiro atoms. The quantitative estimate of drug-likeness (QED) is 0.431. The lowest BCUT2D eigenvalue weighted by Gasteiger charge is -2.14. The Balaban J connectivity index is 1.96. The highest BCUT2D eigenvalue weighted by Gasteiger charge is 2.17. The Labute approximate surface area is 159 Å². The summed E-state index contributed by atoms with van der Waals surface area (Å²) >= 11 is 0. The zero-order chi connectivity index (χ0) is 19.1. The molecule has 0 fully saturated rings. The third-order valence-corrected chi connectivity index (χ3v) is 5.50. The van der Waals surface area contributed by atoms with Crippen LogP contribution in [0.4, 0.5) is 4.39 Å². The Morgan fingerprint density at radius 3 is 2.41 bits per heavy atom. The van der Waals surface area contributed by atoms with Crippen molar-refractivity contribution in [2.24, 2.45) is 0 Å². The lowest BCUT2D eigenvalue weighted by atomic mass is 10.1. The van der Waals surface area contributed by atoms with Crippen molar-refractivity contribution >= 4 is 10.9 Å². The zero-order valence-electron chi connectivity index (χ0n) is 16.2. The molecule has 2 aromatic carbocycles. The highest BCUT2D eigenvalue weighted by Crippen LogP contribution is 2.33. The van der Waals surface area contributed by atoms with E-state index in [9.17, 15) is 4.39 Å². The second kappa shape index (κ2) is 6.66. The van der Waals surface area contributed by atoms with Gasteiger partial charge < -0.3 is 4.57 Å². The molecule has 0 saturated carbocycles. The molecule has 0 radical (unpaired) electrons. The Bertz CT molecular complexity index is 1140. The molecular weight excluding hydrogens is 335 g/mol. The van der Waals surface area contributed by atoms with Crippen LogP contribution in [0.25, 0.3) is 22.2 Å². The fourth-order valence-electron chi connectivity index (χ4n) is 3.75. The van der Waals surface area contributed by atoms with Gasteiger partial charge in [0.15, 0.2) is 0 Å². The van der Waals surface area contributed by atoms with Gasteiger partial charge in [0, 0.05) is 29.4 Å². The number of nitrogens with zero attached hydrogens (tertiary/aromatic N) is 2. The predicted molar refractivity (Wildman–Crippen MR) is 110 cm³/mol. The summed E-state index contributed by atoms with van der Waals surface area (Å²) in [6, 6.07) is 15.2. The topological polar surface area (TPSA) is 17.8 Å². The summed E-state index contributed by atoms with van der Waals surface area (Å²) in [6.45, 7) is 9.40. The Hall–Kier alpha value is -2.94. The van der Waals surface area contributed by atoms with Gasteiger partial charge in [0.25, 0.3) is 0 Å². The highest BCUT2D eigenvalue weighted by atomic mass is 19.1. The molecule has 0 bridgehead atoms. The van der Waals surface area contributed by atoms with Crippen LogP contribution >= 0.6 is 0 Å². The molecule has 4 rings (SSSR count). The van der Waals surface area contributed by atoms with Crippen LogP contribution in [-0.4, -0.2) is 9.55 Å². The van der Waals surface area contributed by atoms with Gasteiger partial charge in [0.2, 0.25) is 0 Å². The van der Waals surface area contributed by atoms with Crippen LogP contribution in [0.5, 0.6) is 0 Å². The summed E-state index contributed by atoms with van der Waals surface area (Å²) in [5.41, 5.74) is 9.30. The van der Waals surface area contributed by atoms with Gasteiger partial charge >= 0.3 is 0 Å². The minimum Gasteiger partial charge on any atom is -0.338 e. The maximum atomic E-state index is 13.4. The molecule has 136 valence electrons. The number of rotatable bonds is 3. The number of halogens is 1. The van der Waals surface area contributed by atoms with Gasteiger partial charge in [-0.15, -0.1) is 0 Å². The number of pyridine rings is 1. The number of benzene rings is 2. The molecule has 0 aliphatic carbocycles. The molecule has 0 amide bonds. The van der Waals surface area contributed by atoms with E-state index >= 15 is 0 Å². The first-order chi connectivity index (χ1) is 13.0. The number of fused-ring (bicyclic) bond motifs is 1. The van der Waals surface area contributed by atoms with Crippen LogP contribution in [0.1, 0.15) is 27.9 Å². The van der Waals surface area contributed by atoms with Crippen molar-refractivity contribution in [3.63, 3.8) is 0 Å². The molecule has 4 aromatic rings. The lowest BCUT2D eigenvalue weighted by Crippen LogP contribution is -2.05. The average molecular weight is 358 g/mol. The summed E-state index contributed by atoms with van der Waals surface area (Å²) in [7, 11) is 0. The van der Waals surface area contributed by atoms with Crippen molar-refractivity contribution in [2.75, 3.05) is 0 Å². The van der Waals surface area contributed by atoms with Crippen LogP contribution in [0.3, 0.4) is 0 Å². The molecule has 0 unspecified atom stereocenters. The first-order valence-electron chi connectivity index (χ1n) is 9.22. The molecule has 0 N–H and O–H groups in total. The standard InChI is InChI=1S/C24H23FN2/c1-15-5-6-16(2)20(13-15)14-27-18(4)17(3)22-11-12-26-23(24(22)27)19-7-9-21(25)10-8-19/h5-13H,14H2,1-4H3. The summed E-state index contributed by atoms with van der Waals surface area (Å²) < 4.78 is 15.8. The van der Waals surface area contributed by atoms with Gasteiger partial charge in [-0.3, -0.25) is 4.98 Å². The summed E-state index contributed by atoms with van der Waals surface area (Å²) in [5, 5.41) is 1.20. The third kappa shape index (κ3) is 3.03. The van der Waals surface area contributed by atoms with Crippen LogP contribution in [-0.2, 0) is 6.54 Å². The normalized spacial score (nSPS) is 11.3. The van der Waals surface area contributed by atoms with E-state index in [1.165, 1.54) is 45.5 Å². The summed E-state index contributed by atoms with van der Waals surface area (Å²) in [5.74, 6) is -0.232. The van der Waals surface area contributed by atoms with Crippen molar-refractivity contribution in [1.82, 2.24) is 9.55 Å². The first kappa shape index (κ1) is 17.5. The molecule has 0 saturated heterocycles. The summed E-state index contributed by atoms with van der Waals surface area (Å²) in [4.78, 5) is 4.66. The van der Waals surface area contributed by atoms with E-state index in [0.717, 1.165) is 23.3 Å². The van der Waals surface area contributed by atoms with Gasteiger partial charge in [-0.25, -0.2) is 4.39 Å². The zero-order valence-corrected chi connectivity index (χ0v) is 16.2. The van der Waals surface area contributed by atoms with E-state index < -0.39 is 0 Å². The van der Waals surface area contributed by atoms with Crippen molar-refractivity contribution in [3.8, 4) is 11.3 Å². The van der Waals surface area contributed by atoms with E-state index in [-0.39, 0.29) is 5.82 Å². The second-order valence-corrected chi connectivity index (χ2v) is 7.29. The Morgan fingerprint density at radius 1 is 0.926 bits per heavy atom. The fourth-order valence-corrected chi connectivity index (χ4v) is 3.75. The third-order valence-electron chi connectivity index (χ3n) is 5.50. The SMILES string of the molecule is Cc1ccc(C)c(Cn2c(C)c(C)c3ccnc(-c4ccc(F)cc4)c32)c1. The number of aryl methyl sites for hydroxylation is 3. The smallest absolute Gasteiger partial charge is 0.123 e. The average Bonchev–Trinajstić information content (AvgIpc) is 2.90. The van der Waals surface area contributed by atoms with Crippen LogP contribution in [0.2, 0.25) is 0 Å². The highest BCUT2D eigenvalue weighted by molar-refractivity contribution is 5.95.